The van der Waals surface area contributed by atoms with E-state index < -0.39 is 12.1 Å². The van der Waals surface area contributed by atoms with Crippen molar-refractivity contribution < 1.29 is 32.7 Å². The molecule has 0 saturated carbocycles. The van der Waals surface area contributed by atoms with Crippen LogP contribution in [-0.2, 0) is 18.4 Å². The van der Waals surface area contributed by atoms with E-state index in [1.165, 1.54) is 9.47 Å². The number of carbonyl (C=O) groups is 3. The normalized spacial score (nSPS) is 11.1. The standard InChI is InChI=1S/C21H21N5O2.C2HF3O2/c1-24(2)21(28)26-18(20(27)23-13-14-8-10-22-11-9-14)12-17-19(26)15-6-4-5-7-16(15)25(17)3;3-2(4,5)1(6)7/h4-12H,13H2,1-3H3,(H,23,27);(H,6,7). The van der Waals surface area contributed by atoms with Gasteiger partial charge in [0.1, 0.15) is 5.69 Å². The molecular weight excluding hydrogens is 467 g/mol. The zero-order chi connectivity index (χ0) is 25.9. The quantitative estimate of drug-likeness (QED) is 0.457. The average molecular weight is 489 g/mol. The first-order valence-corrected chi connectivity index (χ1v) is 10.2. The van der Waals surface area contributed by atoms with Crippen molar-refractivity contribution in [2.75, 3.05) is 14.1 Å². The van der Waals surface area contributed by atoms with Gasteiger partial charge in [-0.05, 0) is 29.8 Å². The van der Waals surface area contributed by atoms with Crippen LogP contribution in [0.2, 0.25) is 0 Å². The number of aromatic nitrogens is 3. The second-order valence-corrected chi connectivity index (χ2v) is 7.69. The van der Waals surface area contributed by atoms with Crippen molar-refractivity contribution in [1.82, 2.24) is 24.3 Å². The first kappa shape index (κ1) is 25.3. The Labute approximate surface area is 197 Å². The minimum Gasteiger partial charge on any atom is -0.475 e. The number of rotatable bonds is 3. The molecule has 0 aliphatic heterocycles. The zero-order valence-electron chi connectivity index (χ0n) is 19.0. The Hall–Kier alpha value is -4.35. The number of para-hydroxylation sites is 1. The molecule has 1 aromatic carbocycles. The van der Waals surface area contributed by atoms with Crippen molar-refractivity contribution in [3.05, 3.63) is 66.1 Å². The Morgan fingerprint density at radius 3 is 2.23 bits per heavy atom. The van der Waals surface area contributed by atoms with Crippen LogP contribution in [0.25, 0.3) is 21.9 Å². The number of aryl methyl sites for hydroxylation is 1. The SMILES string of the molecule is CN(C)C(=O)n1c(C(=O)NCc2ccncc2)cc2c1c1ccccc1n2C.O=C(O)C(F)(F)F. The lowest BCUT2D eigenvalue weighted by atomic mass is 10.2. The van der Waals surface area contributed by atoms with Crippen molar-refractivity contribution in [3.8, 4) is 0 Å². The fourth-order valence-electron chi connectivity index (χ4n) is 3.45. The van der Waals surface area contributed by atoms with Crippen LogP contribution in [-0.4, -0.2) is 62.3 Å². The Morgan fingerprint density at radius 2 is 1.66 bits per heavy atom. The third kappa shape index (κ3) is 5.26. The molecule has 12 heteroatoms. The number of pyridine rings is 1. The molecule has 0 atom stereocenters. The van der Waals surface area contributed by atoms with Crippen LogP contribution in [0.5, 0.6) is 0 Å². The van der Waals surface area contributed by atoms with Gasteiger partial charge in [-0.2, -0.15) is 13.2 Å². The minimum absolute atomic E-state index is 0.264. The molecule has 0 saturated heterocycles. The molecule has 2 amide bonds. The van der Waals surface area contributed by atoms with E-state index in [1.807, 2.05) is 48.0 Å². The first-order valence-electron chi connectivity index (χ1n) is 10.2. The van der Waals surface area contributed by atoms with Gasteiger partial charge in [-0.3, -0.25) is 14.3 Å². The Bertz CT molecular complexity index is 1390. The van der Waals surface area contributed by atoms with Crippen LogP contribution in [0.1, 0.15) is 16.1 Å². The maximum atomic E-state index is 13.0. The van der Waals surface area contributed by atoms with Crippen molar-refractivity contribution in [2.45, 2.75) is 12.7 Å². The number of carbonyl (C=O) groups excluding carboxylic acids is 2. The van der Waals surface area contributed by atoms with Gasteiger partial charge in [0.15, 0.2) is 0 Å². The number of fused-ring (bicyclic) bond motifs is 3. The number of carboxylic acid groups (broad SMARTS) is 1. The molecular formula is C23H22F3N5O4. The third-order valence-electron chi connectivity index (χ3n) is 5.11. The van der Waals surface area contributed by atoms with E-state index in [1.54, 1.807) is 32.6 Å². The number of aliphatic carboxylic acids is 1. The summed E-state index contributed by atoms with van der Waals surface area (Å²) in [5.41, 5.74) is 3.85. The van der Waals surface area contributed by atoms with Gasteiger partial charge in [-0.1, -0.05) is 18.2 Å². The van der Waals surface area contributed by atoms with E-state index in [0.29, 0.717) is 12.2 Å². The van der Waals surface area contributed by atoms with Gasteiger partial charge in [-0.15, -0.1) is 0 Å². The summed E-state index contributed by atoms with van der Waals surface area (Å²) in [6.07, 6.45) is -1.72. The number of nitrogens with zero attached hydrogens (tertiary/aromatic N) is 4. The molecule has 0 aliphatic rings. The monoisotopic (exact) mass is 489 g/mol. The Balaban J connectivity index is 0.000000429. The number of benzene rings is 1. The number of alkyl halides is 3. The number of hydrogen-bond donors (Lipinski definition) is 2. The molecule has 0 bridgehead atoms. The minimum atomic E-state index is -5.08. The second-order valence-electron chi connectivity index (χ2n) is 7.69. The van der Waals surface area contributed by atoms with Gasteiger partial charge in [-0.25, -0.2) is 9.59 Å². The van der Waals surface area contributed by atoms with E-state index in [2.05, 4.69) is 10.3 Å². The van der Waals surface area contributed by atoms with E-state index in [4.69, 9.17) is 9.90 Å². The van der Waals surface area contributed by atoms with Crippen molar-refractivity contribution in [1.29, 1.82) is 0 Å². The molecule has 9 nitrogen and oxygen atoms in total. The molecule has 4 rings (SSSR count). The highest BCUT2D eigenvalue weighted by Gasteiger charge is 2.38. The van der Waals surface area contributed by atoms with Gasteiger partial charge in [0.2, 0.25) is 0 Å². The van der Waals surface area contributed by atoms with Gasteiger partial charge >= 0.3 is 18.2 Å². The van der Waals surface area contributed by atoms with Crippen LogP contribution in [0, 0.1) is 0 Å². The van der Waals surface area contributed by atoms with Crippen LogP contribution in [0.4, 0.5) is 18.0 Å². The summed E-state index contributed by atoms with van der Waals surface area (Å²) >= 11 is 0. The number of nitrogens with one attached hydrogen (secondary N) is 1. The largest absolute Gasteiger partial charge is 0.490 e. The summed E-state index contributed by atoms with van der Waals surface area (Å²) in [6.45, 7) is 0.361. The van der Waals surface area contributed by atoms with Gasteiger partial charge in [0.05, 0.1) is 16.6 Å². The smallest absolute Gasteiger partial charge is 0.475 e. The van der Waals surface area contributed by atoms with E-state index in [-0.39, 0.29) is 11.9 Å². The predicted molar refractivity (Wildman–Crippen MR) is 122 cm³/mol. The first-order chi connectivity index (χ1) is 16.4. The molecule has 3 heterocycles. The zero-order valence-corrected chi connectivity index (χ0v) is 19.0. The Morgan fingerprint density at radius 1 is 1.06 bits per heavy atom. The number of amides is 2. The summed E-state index contributed by atoms with van der Waals surface area (Å²) in [5, 5.41) is 11.0. The van der Waals surface area contributed by atoms with Crippen LogP contribution < -0.4 is 5.32 Å². The lowest BCUT2D eigenvalue weighted by Crippen LogP contribution is -2.32. The summed E-state index contributed by atoms with van der Waals surface area (Å²) < 4.78 is 35.2. The maximum Gasteiger partial charge on any atom is 0.490 e. The summed E-state index contributed by atoms with van der Waals surface area (Å²) in [7, 11) is 5.30. The lowest BCUT2D eigenvalue weighted by molar-refractivity contribution is -0.192. The molecule has 0 unspecified atom stereocenters. The summed E-state index contributed by atoms with van der Waals surface area (Å²) in [6, 6.07) is 13.1. The molecule has 0 fully saturated rings. The second kappa shape index (κ2) is 9.87. The third-order valence-corrected chi connectivity index (χ3v) is 5.11. The molecule has 2 N–H and O–H groups in total. The van der Waals surface area contributed by atoms with E-state index in [0.717, 1.165) is 27.5 Å². The highest BCUT2D eigenvalue weighted by molar-refractivity contribution is 6.14. The van der Waals surface area contributed by atoms with Gasteiger partial charge in [0.25, 0.3) is 5.91 Å². The predicted octanol–water partition coefficient (Wildman–Crippen LogP) is 3.62. The molecule has 0 aliphatic carbocycles. The van der Waals surface area contributed by atoms with E-state index >= 15 is 0 Å². The number of hydrogen-bond acceptors (Lipinski definition) is 4. The maximum absolute atomic E-state index is 13.0. The lowest BCUT2D eigenvalue weighted by Gasteiger charge is -2.15. The highest BCUT2D eigenvalue weighted by Crippen LogP contribution is 2.31. The van der Waals surface area contributed by atoms with Crippen molar-refractivity contribution in [3.63, 3.8) is 0 Å². The Kier molecular flexibility index (Phi) is 7.13. The fourth-order valence-corrected chi connectivity index (χ4v) is 3.45. The average Bonchev–Trinajstić information content (AvgIpc) is 3.34. The topological polar surface area (TPSA) is 109 Å². The van der Waals surface area contributed by atoms with Crippen LogP contribution in [0.15, 0.2) is 54.9 Å². The van der Waals surface area contributed by atoms with E-state index in [9.17, 15) is 22.8 Å². The number of carboxylic acids is 1. The highest BCUT2D eigenvalue weighted by atomic mass is 19.4. The fraction of sp³-hybridized carbons (Fsp3) is 0.217. The van der Waals surface area contributed by atoms with Gasteiger partial charge in [0, 0.05) is 45.5 Å². The molecule has 0 radical (unpaired) electrons. The summed E-state index contributed by atoms with van der Waals surface area (Å²) in [5.74, 6) is -3.06. The molecule has 4 aromatic rings. The number of halogens is 3. The molecule has 0 spiro atoms. The van der Waals surface area contributed by atoms with Crippen molar-refractivity contribution >= 4 is 39.8 Å². The van der Waals surface area contributed by atoms with Gasteiger partial charge < -0.3 is 19.9 Å². The molecule has 3 aromatic heterocycles. The summed E-state index contributed by atoms with van der Waals surface area (Å²) in [4.78, 5) is 40.3. The van der Waals surface area contributed by atoms with Crippen LogP contribution in [0.3, 0.4) is 0 Å². The molecule has 35 heavy (non-hydrogen) atoms. The molecule has 184 valence electrons. The van der Waals surface area contributed by atoms with Crippen LogP contribution >= 0.6 is 0 Å². The van der Waals surface area contributed by atoms with Crippen molar-refractivity contribution in [2.24, 2.45) is 7.05 Å².